The molecule has 0 saturated carbocycles. The van der Waals surface area contributed by atoms with Crippen molar-refractivity contribution >= 4 is 44.2 Å². The van der Waals surface area contributed by atoms with Gasteiger partial charge in [-0.2, -0.15) is 0 Å². The Morgan fingerprint density at radius 2 is 1.49 bits per heavy atom. The van der Waals surface area contributed by atoms with E-state index in [9.17, 15) is 27.6 Å². The van der Waals surface area contributed by atoms with Crippen LogP contribution >= 0.6 is 0 Å². The molecule has 5 aromatic rings. The number of allylic oxidation sites excluding steroid dienone is 1. The minimum Gasteiger partial charge on any atom is -0.493 e. The number of fused-ring (bicyclic) bond motifs is 2. The normalized spacial score (nSPS) is 14.8. The molecular weight excluding hydrogens is 921 g/mol. The number of ketones is 1. The number of imidazole rings is 1. The number of aryl methyl sites for hydroxylation is 2. The van der Waals surface area contributed by atoms with Crippen LogP contribution in [0.1, 0.15) is 122 Å². The fraction of sp³-hybridized carbons (Fsp3) is 0.455. The van der Waals surface area contributed by atoms with Crippen molar-refractivity contribution in [3.63, 3.8) is 0 Å². The smallest absolute Gasteiger partial charge is 0.328 e. The quantitative estimate of drug-likeness (QED) is 0.0380. The largest absolute Gasteiger partial charge is 0.493 e. The number of rotatable bonds is 27. The number of nitrogens with one attached hydrogen (secondary N) is 2. The number of hydrogen-bond donors (Lipinski definition) is 2. The Morgan fingerprint density at radius 1 is 0.817 bits per heavy atom. The zero-order valence-electron chi connectivity index (χ0n) is 42.0. The van der Waals surface area contributed by atoms with E-state index in [0.717, 1.165) is 82.1 Å². The van der Waals surface area contributed by atoms with Crippen LogP contribution in [0.4, 0.5) is 5.69 Å². The molecule has 2 N–H and O–H groups in total. The average molecular weight is 991 g/mol. The summed E-state index contributed by atoms with van der Waals surface area (Å²) in [6, 6.07) is 20.1. The van der Waals surface area contributed by atoms with Crippen LogP contribution in [0.25, 0.3) is 11.0 Å². The van der Waals surface area contributed by atoms with Crippen molar-refractivity contribution in [2.24, 2.45) is 14.1 Å². The van der Waals surface area contributed by atoms with Crippen LogP contribution in [0.15, 0.2) is 94.8 Å². The summed E-state index contributed by atoms with van der Waals surface area (Å²) in [5.74, 6) is 0.938. The number of hydrogen-bond acceptors (Lipinski definition) is 11. The van der Waals surface area contributed by atoms with Crippen molar-refractivity contribution in [2.45, 2.75) is 114 Å². The molecule has 1 unspecified atom stereocenters. The first kappa shape index (κ1) is 52.4. The van der Waals surface area contributed by atoms with Gasteiger partial charge >= 0.3 is 5.69 Å². The monoisotopic (exact) mass is 990 g/mol. The summed E-state index contributed by atoms with van der Waals surface area (Å²) in [6.45, 7) is 8.99. The number of amides is 2. The van der Waals surface area contributed by atoms with Gasteiger partial charge in [-0.1, -0.05) is 63.8 Å². The first-order valence-corrected chi connectivity index (χ1v) is 26.7. The van der Waals surface area contributed by atoms with Gasteiger partial charge in [0.05, 0.1) is 34.9 Å². The second kappa shape index (κ2) is 24.2. The molecule has 1 atom stereocenters. The van der Waals surface area contributed by atoms with Crippen molar-refractivity contribution in [1.82, 2.24) is 24.3 Å². The molecule has 2 aliphatic rings. The van der Waals surface area contributed by atoms with Crippen LogP contribution in [0.2, 0.25) is 0 Å². The molecule has 2 aliphatic heterocycles. The van der Waals surface area contributed by atoms with Crippen molar-refractivity contribution in [3.8, 4) is 23.0 Å². The molecule has 15 nitrogen and oxygen atoms in total. The van der Waals surface area contributed by atoms with Crippen LogP contribution < -0.4 is 30.5 Å². The molecule has 3 heterocycles. The van der Waals surface area contributed by atoms with Crippen molar-refractivity contribution in [3.05, 3.63) is 118 Å². The van der Waals surface area contributed by atoms with Crippen molar-refractivity contribution in [2.75, 3.05) is 45.7 Å². The Bertz CT molecular complexity index is 2900. The second-order valence-electron chi connectivity index (χ2n) is 19.1. The van der Waals surface area contributed by atoms with Gasteiger partial charge in [0.1, 0.15) is 29.0 Å². The van der Waals surface area contributed by atoms with E-state index < -0.39 is 21.6 Å². The third-order valence-electron chi connectivity index (χ3n) is 13.2. The van der Waals surface area contributed by atoms with Crippen LogP contribution in [0.5, 0.6) is 23.0 Å². The maximum absolute atomic E-state index is 14.2. The van der Waals surface area contributed by atoms with E-state index in [2.05, 4.69) is 22.1 Å². The van der Waals surface area contributed by atoms with Gasteiger partial charge in [0.2, 0.25) is 5.91 Å². The summed E-state index contributed by atoms with van der Waals surface area (Å²) in [4.78, 5) is 56.1. The van der Waals surface area contributed by atoms with E-state index in [1.54, 1.807) is 55.4 Å². The zero-order valence-corrected chi connectivity index (χ0v) is 42.8. The number of Topliss-reactive ketones (excluding diaryl/α,β-unsaturated/α-hetero) is 1. The predicted molar refractivity (Wildman–Crippen MR) is 277 cm³/mol. The Kier molecular flexibility index (Phi) is 17.8. The number of nitrogens with zero attached hydrogens (tertiary/aromatic N) is 4. The van der Waals surface area contributed by atoms with E-state index >= 15 is 0 Å². The van der Waals surface area contributed by atoms with Crippen LogP contribution in [-0.4, -0.2) is 91.4 Å². The first-order valence-electron chi connectivity index (χ1n) is 25.1. The van der Waals surface area contributed by atoms with Crippen molar-refractivity contribution in [1.29, 1.82) is 0 Å². The molecule has 0 bridgehead atoms. The van der Waals surface area contributed by atoms with Gasteiger partial charge in [-0.3, -0.25) is 23.5 Å². The average Bonchev–Trinajstić information content (AvgIpc) is 3.78. The number of aromatic nitrogens is 2. The van der Waals surface area contributed by atoms with E-state index in [0.29, 0.717) is 96.1 Å². The third kappa shape index (κ3) is 13.3. The number of piperidine rings is 1. The molecule has 0 radical (unpaired) electrons. The van der Waals surface area contributed by atoms with Crippen LogP contribution in [0.3, 0.4) is 0 Å². The lowest BCUT2D eigenvalue weighted by atomic mass is 10.0. The molecule has 71 heavy (non-hydrogen) atoms. The number of carbonyl (C=O) groups is 3. The number of unbranched alkanes of at least 4 members (excludes halogenated alkanes) is 7. The molecule has 1 aromatic heterocycles. The van der Waals surface area contributed by atoms with Crippen LogP contribution in [-0.2, 0) is 41.0 Å². The highest BCUT2D eigenvalue weighted by Gasteiger charge is 2.39. The number of sulfone groups is 1. The topological polar surface area (TPSA) is 171 Å². The predicted octanol–water partition coefficient (Wildman–Crippen LogP) is 9.32. The van der Waals surface area contributed by atoms with Gasteiger partial charge < -0.3 is 34.6 Å². The standard InChI is InChI=1S/C55H70N6O9S/c1-7-28-68-41-32-42(69-29-16-15-27-58(3)4)34-43(33-41)70-52-35-50-49(59(5)55(65)60(50)6)31-40(52)37-71(66,67)44-20-17-19-39(30-44)51(62)23-13-11-9-8-10-12-14-26-56-47-22-18-21-45-46(47)36-61(54(45)64)48-25-24-38(2)57-53(48)63/h17-22,30-35,48,56H,2,7-16,23-29,36-37H2,1,3-6H3,(H,57,63). The van der Waals surface area contributed by atoms with Gasteiger partial charge in [-0.15, -0.1) is 0 Å². The minimum atomic E-state index is -4.01. The lowest BCUT2D eigenvalue weighted by Crippen LogP contribution is -2.49. The summed E-state index contributed by atoms with van der Waals surface area (Å²) in [5.41, 5.74) is 4.77. The lowest BCUT2D eigenvalue weighted by Gasteiger charge is -2.31. The maximum Gasteiger partial charge on any atom is 0.328 e. The minimum absolute atomic E-state index is 0.0262. The summed E-state index contributed by atoms with van der Waals surface area (Å²) >= 11 is 0. The molecule has 16 heteroatoms. The molecule has 2 amide bonds. The highest BCUT2D eigenvalue weighted by molar-refractivity contribution is 7.90. The van der Waals surface area contributed by atoms with Gasteiger partial charge in [0, 0.05) is 91.5 Å². The third-order valence-corrected chi connectivity index (χ3v) is 14.9. The molecule has 380 valence electrons. The highest BCUT2D eigenvalue weighted by Crippen LogP contribution is 2.37. The fourth-order valence-electron chi connectivity index (χ4n) is 9.26. The van der Waals surface area contributed by atoms with Gasteiger partial charge in [-0.05, 0) is 95.9 Å². The van der Waals surface area contributed by atoms with E-state index in [-0.39, 0.29) is 33.9 Å². The molecule has 1 saturated heterocycles. The van der Waals surface area contributed by atoms with Crippen molar-refractivity contribution < 1.29 is 37.0 Å². The summed E-state index contributed by atoms with van der Waals surface area (Å²) in [6.07, 6.45) is 10.9. The number of anilines is 1. The molecular formula is C55H70N6O9S. The van der Waals surface area contributed by atoms with E-state index in [1.165, 1.54) is 21.3 Å². The van der Waals surface area contributed by atoms with Gasteiger partial charge in [-0.25, -0.2) is 13.2 Å². The van der Waals surface area contributed by atoms with E-state index in [4.69, 9.17) is 14.2 Å². The number of carbonyl (C=O) groups excluding carboxylic acids is 3. The molecule has 1 fully saturated rings. The molecule has 4 aromatic carbocycles. The van der Waals surface area contributed by atoms with Crippen LogP contribution in [0, 0.1) is 0 Å². The summed E-state index contributed by atoms with van der Waals surface area (Å²) < 4.78 is 50.1. The fourth-order valence-corrected chi connectivity index (χ4v) is 10.7. The molecule has 0 spiro atoms. The Hall–Kier alpha value is -6.39. The number of benzene rings is 4. The Labute approximate surface area is 418 Å². The Balaban J connectivity index is 0.907. The number of ether oxygens (including phenoxy) is 3. The molecule has 0 aliphatic carbocycles. The second-order valence-corrected chi connectivity index (χ2v) is 21.1. The summed E-state index contributed by atoms with van der Waals surface area (Å²) in [7, 11) is 3.37. The highest BCUT2D eigenvalue weighted by atomic mass is 32.2. The SMILES string of the molecule is C=C1CCC(N2Cc3c(NCCCCCCCCCC(=O)c4cccc(S(=O)(=O)Cc5cc6c(cc5Oc5cc(OCCC)cc(OCCCCN(C)C)c5)n(C)c(=O)n6C)c4)cccc3C2=O)C(=O)N1. The maximum atomic E-state index is 14.2. The van der Waals surface area contributed by atoms with Gasteiger partial charge in [0.25, 0.3) is 5.91 Å². The zero-order chi connectivity index (χ0) is 50.7. The first-order chi connectivity index (χ1) is 34.1. The summed E-state index contributed by atoms with van der Waals surface area (Å²) in [5, 5.41) is 6.31. The Morgan fingerprint density at radius 3 is 2.21 bits per heavy atom. The molecule has 7 rings (SSSR count). The van der Waals surface area contributed by atoms with E-state index in [1.807, 2.05) is 45.3 Å². The lowest BCUT2D eigenvalue weighted by molar-refractivity contribution is -0.126. The van der Waals surface area contributed by atoms with Gasteiger partial charge in [0.15, 0.2) is 15.6 Å².